The van der Waals surface area contributed by atoms with Crippen molar-refractivity contribution in [3.63, 3.8) is 0 Å². The van der Waals surface area contributed by atoms with Crippen LogP contribution in [0.5, 0.6) is 0 Å². The summed E-state index contributed by atoms with van der Waals surface area (Å²) in [6.07, 6.45) is 17.3. The molecular weight excluding hydrogens is 370 g/mol. The lowest BCUT2D eigenvalue weighted by molar-refractivity contribution is 0.920. The van der Waals surface area contributed by atoms with E-state index in [1.165, 1.54) is 11.1 Å². The lowest BCUT2D eigenvalue weighted by Crippen LogP contribution is -2.13. The number of fused-ring (bicyclic) bond motifs is 2. The molecule has 0 N–H and O–H groups in total. The Morgan fingerprint density at radius 3 is 1.70 bits per heavy atom. The van der Waals surface area contributed by atoms with Gasteiger partial charge in [0.2, 0.25) is 0 Å². The van der Waals surface area contributed by atoms with Gasteiger partial charge in [-0.05, 0) is 48.3 Å². The molecule has 150 valence electrons. The fourth-order valence-corrected chi connectivity index (χ4v) is 4.07. The first-order valence-corrected chi connectivity index (χ1v) is 10.8. The van der Waals surface area contributed by atoms with Gasteiger partial charge in [0.05, 0.1) is 11.4 Å². The summed E-state index contributed by atoms with van der Waals surface area (Å²) in [5, 5.41) is 0. The van der Waals surface area contributed by atoms with Crippen molar-refractivity contribution < 1.29 is 0 Å². The van der Waals surface area contributed by atoms with E-state index in [1.54, 1.807) is 0 Å². The maximum Gasteiger partial charge on any atom is 0.174 e. The molecule has 2 unspecified atom stereocenters. The van der Waals surface area contributed by atoms with E-state index in [4.69, 9.17) is 25.0 Å². The van der Waals surface area contributed by atoms with Crippen LogP contribution in [-0.4, -0.2) is 40.2 Å². The molecule has 5 rings (SSSR count). The highest BCUT2D eigenvalue weighted by Crippen LogP contribution is 2.23. The largest absolute Gasteiger partial charge is 0.251 e. The number of amidine groups is 2. The molecule has 0 radical (unpaired) electrons. The van der Waals surface area contributed by atoms with Crippen LogP contribution in [0.3, 0.4) is 0 Å². The monoisotopic (exact) mass is 395 g/mol. The standard InChI is InChI=1S/C25H25N5/c1-3-6-16-10-12-18-22(14-16)29-24(27-18)20-8-5-9-21(26-20)25-28-19-13-11-17(7-4-2)15-23(19)30-25/h5,8-15,18-19H,3-4,6-7H2,1-2H3. The molecule has 2 aliphatic heterocycles. The Hall–Kier alpha value is -3.21. The van der Waals surface area contributed by atoms with Gasteiger partial charge in [-0.25, -0.2) is 15.0 Å². The topological polar surface area (TPSA) is 62.3 Å². The minimum absolute atomic E-state index is 0.00487. The minimum Gasteiger partial charge on any atom is -0.251 e. The molecule has 4 aliphatic rings. The normalized spacial score (nSPS) is 23.8. The van der Waals surface area contributed by atoms with Gasteiger partial charge in [-0.2, -0.15) is 0 Å². The van der Waals surface area contributed by atoms with Crippen molar-refractivity contribution in [1.29, 1.82) is 0 Å². The molecule has 2 atom stereocenters. The average molecular weight is 396 g/mol. The first-order chi connectivity index (χ1) is 14.7. The zero-order valence-corrected chi connectivity index (χ0v) is 17.4. The molecule has 0 bridgehead atoms. The van der Waals surface area contributed by atoms with Gasteiger partial charge in [0.15, 0.2) is 11.7 Å². The summed E-state index contributed by atoms with van der Waals surface area (Å²) in [5.41, 5.74) is 6.17. The molecule has 5 nitrogen and oxygen atoms in total. The molecule has 1 aromatic heterocycles. The van der Waals surface area contributed by atoms with Crippen LogP contribution >= 0.6 is 0 Å². The van der Waals surface area contributed by atoms with E-state index in [1.807, 2.05) is 18.2 Å². The van der Waals surface area contributed by atoms with E-state index in [0.29, 0.717) is 11.7 Å². The molecule has 5 heteroatoms. The van der Waals surface area contributed by atoms with Gasteiger partial charge in [0, 0.05) is 0 Å². The molecular formula is C25H25N5. The predicted molar refractivity (Wildman–Crippen MR) is 124 cm³/mol. The number of pyridine rings is 1. The van der Waals surface area contributed by atoms with Gasteiger partial charge >= 0.3 is 0 Å². The van der Waals surface area contributed by atoms with Gasteiger partial charge in [-0.3, -0.25) is 9.98 Å². The first kappa shape index (κ1) is 18.8. The molecule has 0 fully saturated rings. The van der Waals surface area contributed by atoms with Crippen LogP contribution in [-0.2, 0) is 0 Å². The number of hydrogen-bond acceptors (Lipinski definition) is 5. The Balaban J connectivity index is 1.40. The highest BCUT2D eigenvalue weighted by molar-refractivity contribution is 6.19. The minimum atomic E-state index is 0.00487. The summed E-state index contributed by atoms with van der Waals surface area (Å²) in [4.78, 5) is 23.9. The van der Waals surface area contributed by atoms with Crippen LogP contribution in [0.15, 0.2) is 85.8 Å². The van der Waals surface area contributed by atoms with E-state index in [2.05, 4.69) is 50.3 Å². The summed E-state index contributed by atoms with van der Waals surface area (Å²) in [5.74, 6) is 1.37. The highest BCUT2D eigenvalue weighted by atomic mass is 15.1. The van der Waals surface area contributed by atoms with Crippen LogP contribution in [0.4, 0.5) is 0 Å². The van der Waals surface area contributed by atoms with E-state index < -0.39 is 0 Å². The number of rotatable bonds is 6. The molecule has 0 saturated carbocycles. The SMILES string of the molecule is CCCC1=CC2=NC(c3cccc(C4=NC5C=CC(CCC)=CC5=N4)n3)=NC2C=C1. The number of aliphatic imine (C=N–C) groups is 4. The Kier molecular flexibility index (Phi) is 4.95. The van der Waals surface area contributed by atoms with Crippen molar-refractivity contribution >= 4 is 23.1 Å². The van der Waals surface area contributed by atoms with Gasteiger partial charge in [-0.1, -0.05) is 57.1 Å². The van der Waals surface area contributed by atoms with Crippen LogP contribution in [0, 0.1) is 0 Å². The molecule has 0 amide bonds. The van der Waals surface area contributed by atoms with Gasteiger partial charge in [-0.15, -0.1) is 0 Å². The molecule has 2 aliphatic carbocycles. The fourth-order valence-electron chi connectivity index (χ4n) is 4.07. The first-order valence-electron chi connectivity index (χ1n) is 10.8. The Labute approximate surface area is 177 Å². The Morgan fingerprint density at radius 1 is 0.733 bits per heavy atom. The lowest BCUT2D eigenvalue weighted by atomic mass is 9.99. The van der Waals surface area contributed by atoms with Crippen LogP contribution in [0.2, 0.25) is 0 Å². The number of aromatic nitrogens is 1. The van der Waals surface area contributed by atoms with Gasteiger partial charge < -0.3 is 0 Å². The van der Waals surface area contributed by atoms with Crippen LogP contribution < -0.4 is 0 Å². The zero-order chi connectivity index (χ0) is 20.5. The maximum absolute atomic E-state index is 4.80. The summed E-state index contributed by atoms with van der Waals surface area (Å²) in [7, 11) is 0. The summed E-state index contributed by atoms with van der Waals surface area (Å²) in [6.45, 7) is 4.38. The molecule has 30 heavy (non-hydrogen) atoms. The van der Waals surface area contributed by atoms with Crippen molar-refractivity contribution in [3.8, 4) is 0 Å². The fraction of sp³-hybridized carbons (Fsp3) is 0.320. The number of nitrogens with zero attached hydrogens (tertiary/aromatic N) is 5. The second-order valence-corrected chi connectivity index (χ2v) is 7.93. The molecule has 0 saturated heterocycles. The van der Waals surface area contributed by atoms with Crippen molar-refractivity contribution in [2.45, 2.75) is 51.6 Å². The number of hydrogen-bond donors (Lipinski definition) is 0. The van der Waals surface area contributed by atoms with Crippen LogP contribution in [0.25, 0.3) is 0 Å². The zero-order valence-electron chi connectivity index (χ0n) is 17.4. The second kappa shape index (κ2) is 7.90. The van der Waals surface area contributed by atoms with Gasteiger partial charge in [0.1, 0.15) is 23.5 Å². The summed E-state index contributed by atoms with van der Waals surface area (Å²) in [6, 6.07) is 5.91. The molecule has 0 aromatic carbocycles. The van der Waals surface area contributed by atoms with Crippen molar-refractivity contribution in [2.75, 3.05) is 0 Å². The number of allylic oxidation sites excluding steroid dienone is 4. The summed E-state index contributed by atoms with van der Waals surface area (Å²) < 4.78 is 0. The van der Waals surface area contributed by atoms with Crippen LogP contribution in [0.1, 0.15) is 50.9 Å². The third-order valence-corrected chi connectivity index (χ3v) is 5.54. The predicted octanol–water partition coefficient (Wildman–Crippen LogP) is 4.81. The molecule has 3 heterocycles. The maximum atomic E-state index is 4.80. The van der Waals surface area contributed by atoms with E-state index >= 15 is 0 Å². The Bertz CT molecular complexity index is 1040. The quantitative estimate of drug-likeness (QED) is 0.681. The van der Waals surface area contributed by atoms with Crippen molar-refractivity contribution in [3.05, 3.63) is 77.2 Å². The second-order valence-electron chi connectivity index (χ2n) is 7.93. The highest BCUT2D eigenvalue weighted by Gasteiger charge is 2.25. The Morgan fingerprint density at radius 2 is 1.23 bits per heavy atom. The van der Waals surface area contributed by atoms with Gasteiger partial charge in [0.25, 0.3) is 0 Å². The smallest absolute Gasteiger partial charge is 0.174 e. The van der Waals surface area contributed by atoms with E-state index in [-0.39, 0.29) is 12.1 Å². The third-order valence-electron chi connectivity index (χ3n) is 5.54. The molecule has 0 spiro atoms. The van der Waals surface area contributed by atoms with E-state index in [0.717, 1.165) is 48.5 Å². The lowest BCUT2D eigenvalue weighted by Gasteiger charge is -2.10. The third kappa shape index (κ3) is 3.56. The van der Waals surface area contributed by atoms with Crippen molar-refractivity contribution in [1.82, 2.24) is 4.98 Å². The van der Waals surface area contributed by atoms with Crippen molar-refractivity contribution in [2.24, 2.45) is 20.0 Å². The van der Waals surface area contributed by atoms with E-state index in [9.17, 15) is 0 Å². The average Bonchev–Trinajstić information content (AvgIpc) is 3.38. The molecule has 1 aromatic rings. The summed E-state index contributed by atoms with van der Waals surface area (Å²) >= 11 is 0.